The van der Waals surface area contributed by atoms with Gasteiger partial charge in [-0.3, -0.25) is 9.59 Å². The molecule has 0 aromatic heterocycles. The van der Waals surface area contributed by atoms with E-state index in [2.05, 4.69) is 5.32 Å². The van der Waals surface area contributed by atoms with Crippen LogP contribution in [0.4, 0.5) is 0 Å². The van der Waals surface area contributed by atoms with Crippen molar-refractivity contribution in [3.05, 3.63) is 29.8 Å². The topological polar surface area (TPSA) is 84.7 Å². The molecule has 162 valence electrons. The molecule has 29 heavy (non-hydrogen) atoms. The second-order valence-corrected chi connectivity index (χ2v) is 8.46. The van der Waals surface area contributed by atoms with E-state index in [1.54, 1.807) is 7.11 Å². The Kier molecular flexibility index (Phi) is 8.34. The van der Waals surface area contributed by atoms with E-state index in [1.807, 2.05) is 36.1 Å². The smallest absolute Gasteiger partial charge is 0.227 e. The number of ether oxygens (including phenoxy) is 1. The zero-order valence-electron chi connectivity index (χ0n) is 17.5. The number of piperidine rings is 1. The number of hydrogen-bond acceptors (Lipinski definition) is 4. The second kappa shape index (κ2) is 10.3. The van der Waals surface area contributed by atoms with Crippen LogP contribution in [-0.2, 0) is 16.0 Å². The van der Waals surface area contributed by atoms with Gasteiger partial charge in [0.05, 0.1) is 19.4 Å². The fraction of sp³-hybridized carbons (Fsp3) is 0.636. The molecule has 2 amide bonds. The van der Waals surface area contributed by atoms with Gasteiger partial charge in [-0.1, -0.05) is 31.0 Å². The van der Waals surface area contributed by atoms with Crippen molar-refractivity contribution in [1.29, 1.82) is 0 Å². The van der Waals surface area contributed by atoms with Crippen LogP contribution in [0.15, 0.2) is 24.3 Å². The fourth-order valence-corrected chi connectivity index (χ4v) is 4.49. The molecule has 2 unspecified atom stereocenters. The molecule has 1 saturated carbocycles. The van der Waals surface area contributed by atoms with Gasteiger partial charge in [0.2, 0.25) is 11.8 Å². The minimum Gasteiger partial charge on any atom is -0.496 e. The first-order valence-electron chi connectivity index (χ1n) is 10.4. The lowest BCUT2D eigenvalue weighted by Gasteiger charge is -2.39. The van der Waals surface area contributed by atoms with Crippen molar-refractivity contribution in [1.82, 2.24) is 10.2 Å². The number of amides is 2. The quantitative estimate of drug-likeness (QED) is 0.762. The lowest BCUT2D eigenvalue weighted by molar-refractivity contribution is -0.132. The van der Waals surface area contributed by atoms with Gasteiger partial charge in [-0.2, -0.15) is 0 Å². The van der Waals surface area contributed by atoms with Crippen molar-refractivity contribution in [3.63, 3.8) is 0 Å². The number of benzene rings is 1. The molecule has 7 heteroatoms. The molecule has 0 spiro atoms. The first-order valence-corrected chi connectivity index (χ1v) is 10.4. The number of para-hydroxylation sites is 1. The van der Waals surface area contributed by atoms with Crippen molar-refractivity contribution in [2.24, 2.45) is 11.7 Å². The van der Waals surface area contributed by atoms with E-state index < -0.39 is 5.54 Å². The summed E-state index contributed by atoms with van der Waals surface area (Å²) >= 11 is 0. The number of nitrogens with two attached hydrogens (primary N) is 1. The number of halogens is 1. The van der Waals surface area contributed by atoms with Crippen molar-refractivity contribution in [2.75, 3.05) is 20.2 Å². The van der Waals surface area contributed by atoms with E-state index in [1.165, 1.54) is 0 Å². The van der Waals surface area contributed by atoms with Crippen LogP contribution >= 0.6 is 12.4 Å². The predicted octanol–water partition coefficient (Wildman–Crippen LogP) is 2.67. The lowest BCUT2D eigenvalue weighted by Crippen LogP contribution is -2.55. The first-order chi connectivity index (χ1) is 13.4. The molecule has 3 N–H and O–H groups in total. The molecule has 1 heterocycles. The molecule has 1 aliphatic heterocycles. The molecular weight excluding hydrogens is 390 g/mol. The molecule has 2 fully saturated rings. The third kappa shape index (κ3) is 5.86. The minimum atomic E-state index is -0.409. The molecule has 2 aliphatic rings. The molecule has 3 rings (SSSR count). The molecule has 1 saturated heterocycles. The molecule has 1 aromatic carbocycles. The molecule has 0 radical (unpaired) electrons. The SMILES string of the molecule is COc1ccccc1CC(=O)N1CCC(NC(=O)C2CCCCC2(C)N)CC1.Cl. The maximum atomic E-state index is 12.7. The van der Waals surface area contributed by atoms with E-state index >= 15 is 0 Å². The number of methoxy groups -OCH3 is 1. The van der Waals surface area contributed by atoms with Gasteiger partial charge in [0.25, 0.3) is 0 Å². The van der Waals surface area contributed by atoms with Crippen LogP contribution in [0.5, 0.6) is 5.75 Å². The molecule has 6 nitrogen and oxygen atoms in total. The largest absolute Gasteiger partial charge is 0.496 e. The Morgan fingerprint density at radius 3 is 2.55 bits per heavy atom. The summed E-state index contributed by atoms with van der Waals surface area (Å²) in [5.41, 5.74) is 6.86. The normalized spacial score (nSPS) is 25.1. The van der Waals surface area contributed by atoms with Gasteiger partial charge in [-0.05, 0) is 38.7 Å². The highest BCUT2D eigenvalue weighted by molar-refractivity contribution is 5.85. The molecular formula is C22H34ClN3O3. The standard InChI is InChI=1S/C22H33N3O3.ClH/c1-22(23)12-6-5-8-18(22)21(27)24-17-10-13-25(14-11-17)20(26)15-16-7-3-4-9-19(16)28-2;/h3-4,7,9,17-18H,5-6,8,10-15,23H2,1-2H3,(H,24,27);1H. The highest BCUT2D eigenvalue weighted by Gasteiger charge is 2.38. The average Bonchev–Trinajstić information content (AvgIpc) is 2.68. The van der Waals surface area contributed by atoms with E-state index in [0.29, 0.717) is 19.5 Å². The maximum Gasteiger partial charge on any atom is 0.227 e. The number of carbonyl (C=O) groups excluding carboxylic acids is 2. The average molecular weight is 424 g/mol. The maximum absolute atomic E-state index is 12.7. The Hall–Kier alpha value is -1.79. The van der Waals surface area contributed by atoms with Crippen molar-refractivity contribution in [2.45, 2.75) is 63.5 Å². The fourth-order valence-electron chi connectivity index (χ4n) is 4.49. The van der Waals surface area contributed by atoms with Gasteiger partial charge >= 0.3 is 0 Å². The van der Waals surface area contributed by atoms with E-state index in [-0.39, 0.29) is 36.2 Å². The van der Waals surface area contributed by atoms with E-state index in [4.69, 9.17) is 10.5 Å². The molecule has 0 bridgehead atoms. The number of carbonyl (C=O) groups is 2. The zero-order chi connectivity index (χ0) is 20.1. The second-order valence-electron chi connectivity index (χ2n) is 8.46. The van der Waals surface area contributed by atoms with Crippen LogP contribution in [0.25, 0.3) is 0 Å². The van der Waals surface area contributed by atoms with Gasteiger partial charge in [0, 0.05) is 30.2 Å². The van der Waals surface area contributed by atoms with Gasteiger partial charge in [-0.15, -0.1) is 12.4 Å². The highest BCUT2D eigenvalue weighted by Crippen LogP contribution is 2.32. The Bertz CT molecular complexity index is 702. The Morgan fingerprint density at radius 2 is 1.90 bits per heavy atom. The van der Waals surface area contributed by atoms with Gasteiger partial charge in [-0.25, -0.2) is 0 Å². The monoisotopic (exact) mass is 423 g/mol. The molecule has 2 atom stereocenters. The van der Waals surface area contributed by atoms with E-state index in [9.17, 15) is 9.59 Å². The summed E-state index contributed by atoms with van der Waals surface area (Å²) < 4.78 is 5.34. The van der Waals surface area contributed by atoms with Crippen LogP contribution in [-0.4, -0.2) is 48.5 Å². The number of nitrogens with one attached hydrogen (secondary N) is 1. The summed E-state index contributed by atoms with van der Waals surface area (Å²) in [5, 5.41) is 3.19. The van der Waals surface area contributed by atoms with Crippen LogP contribution in [0.3, 0.4) is 0 Å². The highest BCUT2D eigenvalue weighted by atomic mass is 35.5. The minimum absolute atomic E-state index is 0. The Labute approximate surface area is 179 Å². The summed E-state index contributed by atoms with van der Waals surface area (Å²) in [7, 11) is 1.62. The van der Waals surface area contributed by atoms with Gasteiger partial charge < -0.3 is 20.7 Å². The number of hydrogen-bond donors (Lipinski definition) is 2. The molecule has 1 aliphatic carbocycles. The summed E-state index contributed by atoms with van der Waals surface area (Å²) in [6, 6.07) is 7.75. The number of nitrogens with zero attached hydrogens (tertiary/aromatic N) is 1. The zero-order valence-corrected chi connectivity index (χ0v) is 18.3. The van der Waals surface area contributed by atoms with Crippen LogP contribution < -0.4 is 15.8 Å². The predicted molar refractivity (Wildman–Crippen MR) is 116 cm³/mol. The van der Waals surface area contributed by atoms with Crippen LogP contribution in [0.1, 0.15) is 51.0 Å². The van der Waals surface area contributed by atoms with Crippen LogP contribution in [0, 0.1) is 5.92 Å². The lowest BCUT2D eigenvalue weighted by atomic mass is 9.74. The van der Waals surface area contributed by atoms with Gasteiger partial charge in [0.15, 0.2) is 0 Å². The van der Waals surface area contributed by atoms with Crippen molar-refractivity contribution in [3.8, 4) is 5.75 Å². The third-order valence-corrected chi connectivity index (χ3v) is 6.30. The summed E-state index contributed by atoms with van der Waals surface area (Å²) in [6.07, 6.45) is 5.86. The summed E-state index contributed by atoms with van der Waals surface area (Å²) in [6.45, 7) is 3.34. The van der Waals surface area contributed by atoms with Gasteiger partial charge in [0.1, 0.15) is 5.75 Å². The Balaban J connectivity index is 0.00000300. The van der Waals surface area contributed by atoms with Crippen molar-refractivity contribution >= 4 is 24.2 Å². The first kappa shape index (κ1) is 23.5. The third-order valence-electron chi connectivity index (χ3n) is 6.30. The Morgan fingerprint density at radius 1 is 1.21 bits per heavy atom. The molecule has 1 aromatic rings. The van der Waals surface area contributed by atoms with E-state index in [0.717, 1.165) is 49.8 Å². The van der Waals surface area contributed by atoms with Crippen molar-refractivity contribution < 1.29 is 14.3 Å². The number of rotatable bonds is 5. The summed E-state index contributed by atoms with van der Waals surface area (Å²) in [5.74, 6) is 0.835. The summed E-state index contributed by atoms with van der Waals surface area (Å²) in [4.78, 5) is 27.3. The van der Waals surface area contributed by atoms with Crippen LogP contribution in [0.2, 0.25) is 0 Å². The number of likely N-dealkylation sites (tertiary alicyclic amines) is 1.